The topological polar surface area (TPSA) is 228 Å². The first-order valence-electron chi connectivity index (χ1n) is 19.2. The minimum Gasteiger partial charge on any atom is -0.496 e. The molecule has 0 aliphatic heterocycles. The lowest BCUT2D eigenvalue weighted by atomic mass is 9.86. The number of carbonyl (C=O) groups excluding carboxylic acids is 2. The highest BCUT2D eigenvalue weighted by Crippen LogP contribution is 2.40. The van der Waals surface area contributed by atoms with Crippen molar-refractivity contribution in [2.24, 2.45) is 0 Å². The second kappa shape index (κ2) is 20.9. The Balaban J connectivity index is 1.24. The highest BCUT2D eigenvalue weighted by atomic mass is 32.2. The average Bonchev–Trinajstić information content (AvgIpc) is 3.20. The molecule has 0 saturated carbocycles. The number of hydrogen-bond acceptors (Lipinski definition) is 13. The van der Waals surface area contributed by atoms with Crippen LogP contribution >= 0.6 is 0 Å². The van der Waals surface area contributed by atoms with Crippen molar-refractivity contribution in [3.63, 3.8) is 0 Å². The Labute approximate surface area is 354 Å². The summed E-state index contributed by atoms with van der Waals surface area (Å²) in [5, 5.41) is 30.8. The molecule has 17 nitrogen and oxygen atoms in total. The van der Waals surface area contributed by atoms with E-state index in [4.69, 9.17) is 33.9 Å². The van der Waals surface area contributed by atoms with Crippen LogP contribution in [0.3, 0.4) is 0 Å². The van der Waals surface area contributed by atoms with Gasteiger partial charge in [0.2, 0.25) is 10.0 Å². The van der Waals surface area contributed by atoms with Crippen LogP contribution in [0.15, 0.2) is 85.1 Å². The molecular weight excluding hydrogens is 809 g/mol. The molecule has 0 spiro atoms. The fourth-order valence-electron chi connectivity index (χ4n) is 6.01. The number of pyridine rings is 1. The number of fused-ring (bicyclic) bond motifs is 1. The molecule has 0 atom stereocenters. The third-order valence-electron chi connectivity index (χ3n) is 8.94. The average molecular weight is 861 g/mol. The SMILES string of the molecule is COc1cc(Nc2cc(Oc3ccc(NC(=O)Nc4cc(C(C)(C)C)cc(NS(C)(=O)=O)c4OC)c4ccccc34)ccn2)ccc1C(=O)NCCOCCOCCC(O)O. The third-order valence-corrected chi connectivity index (χ3v) is 9.53. The van der Waals surface area contributed by atoms with E-state index < -0.39 is 22.3 Å². The van der Waals surface area contributed by atoms with Crippen LogP contribution in [-0.4, -0.2) is 95.3 Å². The van der Waals surface area contributed by atoms with Gasteiger partial charge in [-0.1, -0.05) is 45.0 Å². The van der Waals surface area contributed by atoms with Gasteiger partial charge in [-0.2, -0.15) is 0 Å². The molecule has 0 aliphatic rings. The molecule has 1 heterocycles. The molecule has 5 rings (SSSR count). The molecule has 61 heavy (non-hydrogen) atoms. The zero-order valence-corrected chi connectivity index (χ0v) is 35.6. The summed E-state index contributed by atoms with van der Waals surface area (Å²) >= 11 is 0. The van der Waals surface area contributed by atoms with Crippen molar-refractivity contribution in [2.45, 2.75) is 38.9 Å². The number of aliphatic hydroxyl groups is 2. The number of aromatic nitrogens is 1. The molecule has 3 amide bonds. The van der Waals surface area contributed by atoms with Crippen LogP contribution in [0.2, 0.25) is 0 Å². The number of benzene rings is 4. The number of methoxy groups -OCH3 is 2. The fraction of sp³-hybridized carbons (Fsp3) is 0.326. The van der Waals surface area contributed by atoms with Gasteiger partial charge in [0, 0.05) is 47.8 Å². The van der Waals surface area contributed by atoms with Crippen molar-refractivity contribution in [2.75, 3.05) is 74.1 Å². The number of nitrogens with one attached hydrogen (secondary N) is 5. The first kappa shape index (κ1) is 45.9. The predicted molar refractivity (Wildman–Crippen MR) is 234 cm³/mol. The zero-order chi connectivity index (χ0) is 44.2. The minimum absolute atomic E-state index is 0.119. The highest BCUT2D eigenvalue weighted by molar-refractivity contribution is 7.92. The molecule has 0 radical (unpaired) electrons. The number of urea groups is 1. The van der Waals surface area contributed by atoms with E-state index in [-0.39, 0.29) is 54.6 Å². The normalized spacial score (nSPS) is 11.6. The quantitative estimate of drug-likeness (QED) is 0.0325. The molecular formula is C43H52N6O11S. The first-order valence-corrected chi connectivity index (χ1v) is 21.1. The number of hydrogen-bond donors (Lipinski definition) is 7. The molecule has 0 bridgehead atoms. The number of anilines is 5. The van der Waals surface area contributed by atoms with Gasteiger partial charge in [0.05, 0.1) is 69.5 Å². The van der Waals surface area contributed by atoms with Crippen LogP contribution in [0.4, 0.5) is 33.4 Å². The Morgan fingerprint density at radius 1 is 0.787 bits per heavy atom. The number of aliphatic hydroxyl groups excluding tert-OH is 1. The summed E-state index contributed by atoms with van der Waals surface area (Å²) in [7, 11) is -0.788. The summed E-state index contributed by atoms with van der Waals surface area (Å²) in [4.78, 5) is 30.8. The number of ether oxygens (including phenoxy) is 5. The van der Waals surface area contributed by atoms with Gasteiger partial charge in [-0.3, -0.25) is 9.52 Å². The van der Waals surface area contributed by atoms with Crippen molar-refractivity contribution < 1.29 is 51.9 Å². The summed E-state index contributed by atoms with van der Waals surface area (Å²) in [6.45, 7) is 7.24. The van der Waals surface area contributed by atoms with Crippen LogP contribution < -0.4 is 40.2 Å². The van der Waals surface area contributed by atoms with Crippen LogP contribution in [-0.2, 0) is 24.9 Å². The first-order chi connectivity index (χ1) is 29.0. The monoisotopic (exact) mass is 860 g/mol. The molecule has 7 N–H and O–H groups in total. The summed E-state index contributed by atoms with van der Waals surface area (Å²) in [5.74, 6) is 1.62. The highest BCUT2D eigenvalue weighted by Gasteiger charge is 2.23. The lowest BCUT2D eigenvalue weighted by Crippen LogP contribution is -2.28. The Kier molecular flexibility index (Phi) is 15.7. The van der Waals surface area contributed by atoms with Gasteiger partial charge in [-0.25, -0.2) is 18.2 Å². The number of amides is 3. The van der Waals surface area contributed by atoms with Crippen molar-refractivity contribution in [3.05, 3.63) is 96.2 Å². The van der Waals surface area contributed by atoms with E-state index >= 15 is 0 Å². The van der Waals surface area contributed by atoms with E-state index in [0.717, 1.165) is 11.8 Å². The van der Waals surface area contributed by atoms with E-state index in [1.54, 1.807) is 60.8 Å². The number of rotatable bonds is 20. The summed E-state index contributed by atoms with van der Waals surface area (Å²) < 4.78 is 54.9. The number of nitrogens with zero attached hydrogens (tertiary/aromatic N) is 1. The molecule has 1 aromatic heterocycles. The molecule has 18 heteroatoms. The van der Waals surface area contributed by atoms with E-state index in [9.17, 15) is 18.0 Å². The molecule has 326 valence electrons. The van der Waals surface area contributed by atoms with E-state index in [1.165, 1.54) is 14.2 Å². The van der Waals surface area contributed by atoms with Crippen LogP contribution in [0.1, 0.15) is 43.1 Å². The van der Waals surface area contributed by atoms with E-state index in [0.29, 0.717) is 64.0 Å². The minimum atomic E-state index is -3.65. The Bertz CT molecular complexity index is 2420. The molecule has 5 aromatic rings. The standard InChI is InChI=1S/C43H52N6O11S/c1-43(2,3)27-23-34(40(57-5)35(24-27)49-61(6,54)55)48-42(53)47-33-13-14-36(31-10-8-7-9-30(31)33)60-29-15-17-44-38(26-29)46-28-11-12-32(37(25-28)56-4)41(52)45-18-20-59-22-21-58-19-16-39(50)51/h7-15,17,23-26,39,49-51H,16,18-22H2,1-6H3,(H,44,46)(H,45,52)(H2,47,48,53). The van der Waals surface area contributed by atoms with Gasteiger partial charge in [-0.15, -0.1) is 0 Å². The van der Waals surface area contributed by atoms with Gasteiger partial charge < -0.3 is 55.2 Å². The molecule has 0 aliphatic carbocycles. The Hall–Kier alpha value is -6.18. The van der Waals surface area contributed by atoms with Gasteiger partial charge in [0.25, 0.3) is 5.91 Å². The van der Waals surface area contributed by atoms with Crippen molar-refractivity contribution in [1.29, 1.82) is 0 Å². The lowest BCUT2D eigenvalue weighted by molar-refractivity contribution is -0.0642. The third kappa shape index (κ3) is 13.4. The zero-order valence-electron chi connectivity index (χ0n) is 34.8. The maximum Gasteiger partial charge on any atom is 0.323 e. The largest absolute Gasteiger partial charge is 0.496 e. The molecule has 0 unspecified atom stereocenters. The smallest absolute Gasteiger partial charge is 0.323 e. The summed E-state index contributed by atoms with van der Waals surface area (Å²) in [6.07, 6.45) is 1.35. The van der Waals surface area contributed by atoms with Crippen LogP contribution in [0, 0.1) is 0 Å². The van der Waals surface area contributed by atoms with Gasteiger partial charge in [0.1, 0.15) is 23.1 Å². The summed E-state index contributed by atoms with van der Waals surface area (Å²) in [5.41, 5.74) is 2.31. The van der Waals surface area contributed by atoms with Gasteiger partial charge in [-0.05, 0) is 53.4 Å². The molecule has 4 aromatic carbocycles. The van der Waals surface area contributed by atoms with E-state index in [1.807, 2.05) is 45.0 Å². The summed E-state index contributed by atoms with van der Waals surface area (Å²) in [6, 6.07) is 22.2. The van der Waals surface area contributed by atoms with Crippen LogP contribution in [0.25, 0.3) is 10.8 Å². The number of carbonyl (C=O) groups is 2. The van der Waals surface area contributed by atoms with Crippen molar-refractivity contribution in [1.82, 2.24) is 10.3 Å². The van der Waals surface area contributed by atoms with Crippen LogP contribution in [0.5, 0.6) is 23.0 Å². The van der Waals surface area contributed by atoms with Crippen molar-refractivity contribution >= 4 is 61.3 Å². The Morgan fingerprint density at radius 2 is 1.49 bits per heavy atom. The second-order valence-corrected chi connectivity index (χ2v) is 16.5. The lowest BCUT2D eigenvalue weighted by Gasteiger charge is -2.24. The maximum absolute atomic E-state index is 13.5. The van der Waals surface area contributed by atoms with Gasteiger partial charge in [0.15, 0.2) is 12.0 Å². The second-order valence-electron chi connectivity index (χ2n) is 14.7. The number of sulfonamides is 1. The molecule has 0 fully saturated rings. The van der Waals surface area contributed by atoms with E-state index in [2.05, 4.69) is 31.0 Å². The Morgan fingerprint density at radius 3 is 2.18 bits per heavy atom. The predicted octanol–water partition coefficient (Wildman–Crippen LogP) is 6.56. The van der Waals surface area contributed by atoms with Gasteiger partial charge >= 0.3 is 6.03 Å². The van der Waals surface area contributed by atoms with Crippen molar-refractivity contribution in [3.8, 4) is 23.0 Å². The fourth-order valence-corrected chi connectivity index (χ4v) is 6.56. The molecule has 0 saturated heterocycles. The maximum atomic E-state index is 13.5.